The summed E-state index contributed by atoms with van der Waals surface area (Å²) >= 11 is 0. The molecule has 0 unspecified atom stereocenters. The molecule has 1 aliphatic heterocycles. The first kappa shape index (κ1) is 12.6. The van der Waals surface area contributed by atoms with Gasteiger partial charge in [-0.1, -0.05) is 0 Å². The third kappa shape index (κ3) is 3.56. The number of ether oxygens (including phenoxy) is 1. The molecule has 0 spiro atoms. The third-order valence-corrected chi connectivity index (χ3v) is 3.28. The van der Waals surface area contributed by atoms with Crippen LogP contribution >= 0.6 is 0 Å². The van der Waals surface area contributed by atoms with Gasteiger partial charge < -0.3 is 19.8 Å². The van der Waals surface area contributed by atoms with Crippen LogP contribution in [0.2, 0.25) is 0 Å². The van der Waals surface area contributed by atoms with E-state index >= 15 is 0 Å². The summed E-state index contributed by atoms with van der Waals surface area (Å²) in [5, 5.41) is 0. The van der Waals surface area contributed by atoms with Crippen molar-refractivity contribution in [1.29, 1.82) is 0 Å². The van der Waals surface area contributed by atoms with Gasteiger partial charge in [-0.25, -0.2) is 0 Å². The van der Waals surface area contributed by atoms with Gasteiger partial charge in [-0.2, -0.15) is 0 Å². The minimum Gasteiger partial charge on any atom is -0.465 e. The highest BCUT2D eigenvalue weighted by molar-refractivity contribution is 5.19. The molecule has 1 aromatic rings. The first-order valence-corrected chi connectivity index (χ1v) is 6.38. The summed E-state index contributed by atoms with van der Waals surface area (Å²) in [5.74, 6) is 1.76. The Kier molecular flexibility index (Phi) is 4.59. The summed E-state index contributed by atoms with van der Waals surface area (Å²) in [6.07, 6.45) is 2.67. The molecule has 0 bridgehead atoms. The minimum atomic E-state index is 0.453. The van der Waals surface area contributed by atoms with Gasteiger partial charge in [-0.15, -0.1) is 0 Å². The van der Waals surface area contributed by atoms with Crippen LogP contribution in [-0.4, -0.2) is 31.1 Å². The number of furan rings is 1. The molecule has 4 nitrogen and oxygen atoms in total. The van der Waals surface area contributed by atoms with Crippen molar-refractivity contribution in [3.05, 3.63) is 23.2 Å². The van der Waals surface area contributed by atoms with Crippen molar-refractivity contribution >= 4 is 0 Å². The van der Waals surface area contributed by atoms with Crippen LogP contribution in [0.15, 0.2) is 10.5 Å². The zero-order chi connectivity index (χ0) is 12.1. The van der Waals surface area contributed by atoms with Crippen molar-refractivity contribution in [2.75, 3.05) is 26.2 Å². The van der Waals surface area contributed by atoms with E-state index in [0.717, 1.165) is 30.2 Å². The molecule has 1 aliphatic rings. The van der Waals surface area contributed by atoms with Crippen LogP contribution in [0.4, 0.5) is 0 Å². The molecule has 17 heavy (non-hydrogen) atoms. The molecule has 4 heteroatoms. The molecule has 0 radical (unpaired) electrons. The van der Waals surface area contributed by atoms with Crippen molar-refractivity contribution in [2.45, 2.75) is 32.9 Å². The van der Waals surface area contributed by atoms with Crippen molar-refractivity contribution in [2.24, 2.45) is 5.73 Å². The molecule has 1 fully saturated rings. The Bertz CT molecular complexity index is 343. The summed E-state index contributed by atoms with van der Waals surface area (Å²) < 4.78 is 11.2. The molecular formula is C13H22N2O2. The molecule has 1 saturated heterocycles. The smallest absolute Gasteiger partial charge is 0.118 e. The molecule has 0 saturated carbocycles. The number of hydrogen-bond acceptors (Lipinski definition) is 4. The van der Waals surface area contributed by atoms with Gasteiger partial charge in [0.1, 0.15) is 11.5 Å². The van der Waals surface area contributed by atoms with Gasteiger partial charge in [-0.3, -0.25) is 0 Å². The zero-order valence-corrected chi connectivity index (χ0v) is 10.6. The first-order chi connectivity index (χ1) is 8.29. The Hall–Kier alpha value is -0.840. The number of likely N-dealkylation sites (tertiary alicyclic amines) is 1. The monoisotopic (exact) mass is 238 g/mol. The Morgan fingerprint density at radius 3 is 2.82 bits per heavy atom. The summed E-state index contributed by atoms with van der Waals surface area (Å²) in [4.78, 5) is 2.45. The third-order valence-electron chi connectivity index (χ3n) is 3.28. The fourth-order valence-electron chi connectivity index (χ4n) is 2.21. The predicted octanol–water partition coefficient (Wildman–Crippen LogP) is 1.66. The van der Waals surface area contributed by atoms with E-state index in [0.29, 0.717) is 13.2 Å². The van der Waals surface area contributed by atoms with Crippen LogP contribution in [0.25, 0.3) is 0 Å². The van der Waals surface area contributed by atoms with Crippen LogP contribution in [0.5, 0.6) is 0 Å². The summed E-state index contributed by atoms with van der Waals surface area (Å²) in [5.41, 5.74) is 6.65. The number of nitrogens with zero attached hydrogens (tertiary/aromatic N) is 1. The Labute approximate surface area is 103 Å². The summed E-state index contributed by atoms with van der Waals surface area (Å²) in [7, 11) is 0. The van der Waals surface area contributed by atoms with E-state index < -0.39 is 0 Å². The quantitative estimate of drug-likeness (QED) is 0.766. The molecular weight excluding hydrogens is 216 g/mol. The SMILES string of the molecule is Cc1oc(CN)cc1COCCN1CCCC1. The Balaban J connectivity index is 1.68. The average Bonchev–Trinajstić information content (AvgIpc) is 2.94. The average molecular weight is 238 g/mol. The highest BCUT2D eigenvalue weighted by Crippen LogP contribution is 2.15. The molecule has 2 heterocycles. The van der Waals surface area contributed by atoms with Gasteiger partial charge >= 0.3 is 0 Å². The summed E-state index contributed by atoms with van der Waals surface area (Å²) in [6.45, 7) is 7.33. The van der Waals surface area contributed by atoms with Gasteiger partial charge in [0.25, 0.3) is 0 Å². The first-order valence-electron chi connectivity index (χ1n) is 6.38. The van der Waals surface area contributed by atoms with E-state index in [1.165, 1.54) is 25.9 Å². The maximum absolute atomic E-state index is 5.68. The number of aryl methyl sites for hydroxylation is 1. The maximum Gasteiger partial charge on any atom is 0.118 e. The fourth-order valence-corrected chi connectivity index (χ4v) is 2.21. The Morgan fingerprint density at radius 1 is 1.41 bits per heavy atom. The van der Waals surface area contributed by atoms with Crippen molar-refractivity contribution in [1.82, 2.24) is 4.90 Å². The number of hydrogen-bond donors (Lipinski definition) is 1. The van der Waals surface area contributed by atoms with Crippen molar-refractivity contribution in [3.63, 3.8) is 0 Å². The lowest BCUT2D eigenvalue weighted by Gasteiger charge is -2.13. The second-order valence-electron chi connectivity index (χ2n) is 4.60. The minimum absolute atomic E-state index is 0.453. The predicted molar refractivity (Wildman–Crippen MR) is 66.7 cm³/mol. The molecule has 0 aliphatic carbocycles. The van der Waals surface area contributed by atoms with Gasteiger partial charge in [0.05, 0.1) is 19.8 Å². The second-order valence-corrected chi connectivity index (χ2v) is 4.60. The lowest BCUT2D eigenvalue weighted by molar-refractivity contribution is 0.0985. The molecule has 2 rings (SSSR count). The highest BCUT2D eigenvalue weighted by atomic mass is 16.5. The highest BCUT2D eigenvalue weighted by Gasteiger charge is 2.11. The fraction of sp³-hybridized carbons (Fsp3) is 0.692. The number of nitrogens with two attached hydrogens (primary N) is 1. The largest absolute Gasteiger partial charge is 0.465 e. The van der Waals surface area contributed by atoms with Crippen LogP contribution in [0.1, 0.15) is 29.9 Å². The van der Waals surface area contributed by atoms with Crippen LogP contribution in [0, 0.1) is 6.92 Å². The zero-order valence-electron chi connectivity index (χ0n) is 10.6. The molecule has 0 aromatic carbocycles. The van der Waals surface area contributed by atoms with E-state index in [9.17, 15) is 0 Å². The second kappa shape index (κ2) is 6.19. The van der Waals surface area contributed by atoms with Crippen LogP contribution in [0.3, 0.4) is 0 Å². The Morgan fingerprint density at radius 2 is 2.18 bits per heavy atom. The molecule has 0 atom stereocenters. The standard InChI is InChI=1S/C13H22N2O2/c1-11-12(8-13(9-14)17-11)10-16-7-6-15-4-2-3-5-15/h8H,2-7,9-10,14H2,1H3. The van der Waals surface area contributed by atoms with Gasteiger partial charge in [0.15, 0.2) is 0 Å². The normalized spacial score (nSPS) is 16.8. The van der Waals surface area contributed by atoms with Gasteiger partial charge in [-0.05, 0) is 38.9 Å². The van der Waals surface area contributed by atoms with Crippen molar-refractivity contribution < 1.29 is 9.15 Å². The molecule has 2 N–H and O–H groups in total. The van der Waals surface area contributed by atoms with Crippen molar-refractivity contribution in [3.8, 4) is 0 Å². The lowest BCUT2D eigenvalue weighted by atomic mass is 10.2. The molecule has 1 aromatic heterocycles. The topological polar surface area (TPSA) is 51.6 Å². The van der Waals surface area contributed by atoms with Gasteiger partial charge in [0.2, 0.25) is 0 Å². The summed E-state index contributed by atoms with van der Waals surface area (Å²) in [6, 6.07) is 1.99. The van der Waals surface area contributed by atoms with Gasteiger partial charge in [0, 0.05) is 12.1 Å². The van der Waals surface area contributed by atoms with E-state index in [4.69, 9.17) is 14.9 Å². The van der Waals surface area contributed by atoms with Crippen LogP contribution < -0.4 is 5.73 Å². The maximum atomic E-state index is 5.68. The lowest BCUT2D eigenvalue weighted by Crippen LogP contribution is -2.23. The van der Waals surface area contributed by atoms with Crippen LogP contribution in [-0.2, 0) is 17.9 Å². The van der Waals surface area contributed by atoms with E-state index in [1.807, 2.05) is 13.0 Å². The molecule has 96 valence electrons. The van der Waals surface area contributed by atoms with E-state index in [1.54, 1.807) is 0 Å². The number of rotatable bonds is 6. The van der Waals surface area contributed by atoms with E-state index in [-0.39, 0.29) is 0 Å². The molecule has 0 amide bonds. The van der Waals surface area contributed by atoms with E-state index in [2.05, 4.69) is 4.90 Å².